The van der Waals surface area contributed by atoms with Crippen LogP contribution < -0.4 is 5.32 Å². The van der Waals surface area contributed by atoms with Gasteiger partial charge in [-0.05, 0) is 30.3 Å². The van der Waals surface area contributed by atoms with Crippen molar-refractivity contribution >= 4 is 29.5 Å². The molecule has 20 heavy (non-hydrogen) atoms. The van der Waals surface area contributed by atoms with Crippen molar-refractivity contribution in [2.45, 2.75) is 0 Å². The van der Waals surface area contributed by atoms with Gasteiger partial charge in [-0.2, -0.15) is 0 Å². The number of carbonyl (C=O) groups is 2. The predicted molar refractivity (Wildman–Crippen MR) is 75.0 cm³/mol. The molecule has 0 atom stereocenters. The van der Waals surface area contributed by atoms with Crippen LogP contribution in [-0.4, -0.2) is 25.9 Å². The molecule has 0 radical (unpaired) electrons. The summed E-state index contributed by atoms with van der Waals surface area (Å²) in [4.78, 5) is 22.0. The van der Waals surface area contributed by atoms with Crippen molar-refractivity contribution < 1.29 is 18.7 Å². The van der Waals surface area contributed by atoms with E-state index in [0.717, 1.165) is 0 Å². The fourth-order valence-corrected chi connectivity index (χ4v) is 1.89. The van der Waals surface area contributed by atoms with Gasteiger partial charge in [0.05, 0.1) is 10.7 Å². The number of ether oxygens (including phenoxy) is 1. The molecule has 0 unspecified atom stereocenters. The molecule has 1 N–H and O–H groups in total. The van der Waals surface area contributed by atoms with Gasteiger partial charge >= 0.3 is 0 Å². The summed E-state index contributed by atoms with van der Waals surface area (Å²) in [5.74, 6) is 0.487. The van der Waals surface area contributed by atoms with Crippen molar-refractivity contribution in [1.82, 2.24) is 0 Å². The fraction of sp³-hybridized carbons (Fsp3) is 0.143. The highest BCUT2D eigenvalue weighted by Gasteiger charge is 2.09. The number of aldehydes is 1. The smallest absolute Gasteiger partial charge is 0.250 e. The van der Waals surface area contributed by atoms with E-state index in [2.05, 4.69) is 5.32 Å². The highest BCUT2D eigenvalue weighted by atomic mass is 35.5. The molecule has 1 amide bonds. The molecule has 0 spiro atoms. The number of amides is 1. The van der Waals surface area contributed by atoms with Crippen molar-refractivity contribution in [3.63, 3.8) is 0 Å². The minimum Gasteiger partial charge on any atom is -0.453 e. The molecule has 104 valence electrons. The quantitative estimate of drug-likeness (QED) is 0.861. The van der Waals surface area contributed by atoms with Crippen LogP contribution in [0.2, 0.25) is 5.02 Å². The average molecular weight is 294 g/mol. The summed E-state index contributed by atoms with van der Waals surface area (Å²) in [5, 5.41) is 2.99. The van der Waals surface area contributed by atoms with Crippen molar-refractivity contribution in [2.75, 3.05) is 19.0 Å². The van der Waals surface area contributed by atoms with E-state index in [1.54, 1.807) is 30.3 Å². The van der Waals surface area contributed by atoms with E-state index in [1.165, 1.54) is 7.11 Å². The Hall–Kier alpha value is -2.11. The second-order valence-corrected chi connectivity index (χ2v) is 4.40. The van der Waals surface area contributed by atoms with E-state index >= 15 is 0 Å². The highest BCUT2D eigenvalue weighted by molar-refractivity contribution is 6.34. The summed E-state index contributed by atoms with van der Waals surface area (Å²) >= 11 is 6.10. The molecule has 0 saturated heterocycles. The number of carbonyl (C=O) groups excluding carboxylic acids is 2. The van der Waals surface area contributed by atoms with Crippen molar-refractivity contribution in [1.29, 1.82) is 0 Å². The second-order valence-electron chi connectivity index (χ2n) is 4.00. The molecular weight excluding hydrogens is 282 g/mol. The number of halogens is 1. The standard InChI is InChI=1S/C14H12ClNO4/c1-19-8-14(18)16-12-4-2-9(6-11(12)15)13-5-3-10(7-17)20-13/h2-7H,8H2,1H3,(H,16,18). The largest absolute Gasteiger partial charge is 0.453 e. The Balaban J connectivity index is 2.20. The minimum atomic E-state index is -0.289. The molecule has 6 heteroatoms. The van der Waals surface area contributed by atoms with Crippen LogP contribution in [0.15, 0.2) is 34.7 Å². The topological polar surface area (TPSA) is 68.5 Å². The number of nitrogens with one attached hydrogen (secondary N) is 1. The summed E-state index contributed by atoms with van der Waals surface area (Å²) < 4.78 is 10.0. The van der Waals surface area contributed by atoms with E-state index in [9.17, 15) is 9.59 Å². The molecule has 0 bridgehead atoms. The number of furan rings is 1. The van der Waals surface area contributed by atoms with Gasteiger partial charge in [-0.1, -0.05) is 11.6 Å². The lowest BCUT2D eigenvalue weighted by molar-refractivity contribution is -0.119. The molecule has 0 aliphatic rings. The Morgan fingerprint density at radius 1 is 1.40 bits per heavy atom. The number of anilines is 1. The monoisotopic (exact) mass is 293 g/mol. The zero-order valence-corrected chi connectivity index (χ0v) is 11.4. The third-order valence-electron chi connectivity index (χ3n) is 2.55. The lowest BCUT2D eigenvalue weighted by Crippen LogP contribution is -2.17. The first-order chi connectivity index (χ1) is 9.63. The molecule has 0 aliphatic carbocycles. The van der Waals surface area contributed by atoms with Gasteiger partial charge in [0.1, 0.15) is 12.4 Å². The minimum absolute atomic E-state index is 0.0427. The fourth-order valence-electron chi connectivity index (χ4n) is 1.66. The van der Waals surface area contributed by atoms with E-state index in [4.69, 9.17) is 20.8 Å². The normalized spacial score (nSPS) is 10.3. The molecule has 0 fully saturated rings. The van der Waals surface area contributed by atoms with Crippen molar-refractivity contribution in [3.8, 4) is 11.3 Å². The van der Waals surface area contributed by atoms with Crippen LogP contribution in [0.3, 0.4) is 0 Å². The number of methoxy groups -OCH3 is 1. The third-order valence-corrected chi connectivity index (χ3v) is 2.86. The highest BCUT2D eigenvalue weighted by Crippen LogP contribution is 2.29. The van der Waals surface area contributed by atoms with E-state index in [1.807, 2.05) is 0 Å². The molecule has 2 aromatic rings. The van der Waals surface area contributed by atoms with Crippen LogP contribution in [0.1, 0.15) is 10.6 Å². The lowest BCUT2D eigenvalue weighted by atomic mass is 10.1. The summed E-state index contributed by atoms with van der Waals surface area (Å²) in [5.41, 5.74) is 1.20. The van der Waals surface area contributed by atoms with Crippen LogP contribution >= 0.6 is 11.6 Å². The van der Waals surface area contributed by atoms with Crippen molar-refractivity contribution in [3.05, 3.63) is 41.1 Å². The van der Waals surface area contributed by atoms with Gasteiger partial charge < -0.3 is 14.5 Å². The maximum absolute atomic E-state index is 11.4. The lowest BCUT2D eigenvalue weighted by Gasteiger charge is -2.07. The Morgan fingerprint density at radius 3 is 2.80 bits per heavy atom. The first-order valence-electron chi connectivity index (χ1n) is 5.77. The predicted octanol–water partition coefficient (Wildman–Crippen LogP) is 3.00. The molecule has 0 saturated carbocycles. The van der Waals surface area contributed by atoms with E-state index in [-0.39, 0.29) is 18.3 Å². The zero-order chi connectivity index (χ0) is 14.5. The first kappa shape index (κ1) is 14.3. The molecule has 5 nitrogen and oxygen atoms in total. The van der Waals surface area contributed by atoms with Gasteiger partial charge in [-0.25, -0.2) is 0 Å². The summed E-state index contributed by atoms with van der Waals surface area (Å²) in [7, 11) is 1.44. The maximum atomic E-state index is 11.4. The van der Waals surface area contributed by atoms with Crippen LogP contribution in [-0.2, 0) is 9.53 Å². The summed E-state index contributed by atoms with van der Waals surface area (Å²) in [6.45, 7) is -0.0427. The second kappa shape index (κ2) is 6.36. The first-order valence-corrected chi connectivity index (χ1v) is 6.15. The number of hydrogen-bond acceptors (Lipinski definition) is 4. The molecular formula is C14H12ClNO4. The van der Waals surface area contributed by atoms with Crippen LogP contribution in [0.5, 0.6) is 0 Å². The van der Waals surface area contributed by atoms with Gasteiger partial charge in [0.25, 0.3) is 0 Å². The van der Waals surface area contributed by atoms with E-state index in [0.29, 0.717) is 28.3 Å². The molecule has 0 aliphatic heterocycles. The number of benzene rings is 1. The Kier molecular flexibility index (Phi) is 4.55. The number of rotatable bonds is 5. The zero-order valence-electron chi connectivity index (χ0n) is 10.7. The van der Waals surface area contributed by atoms with Crippen LogP contribution in [0.4, 0.5) is 5.69 Å². The Morgan fingerprint density at radius 2 is 2.20 bits per heavy atom. The van der Waals surface area contributed by atoms with Gasteiger partial charge in [0.2, 0.25) is 5.91 Å². The van der Waals surface area contributed by atoms with Gasteiger partial charge in [-0.3, -0.25) is 9.59 Å². The summed E-state index contributed by atoms with van der Waals surface area (Å²) in [6.07, 6.45) is 0.629. The Bertz CT molecular complexity index is 636. The molecule has 1 heterocycles. The van der Waals surface area contributed by atoms with Gasteiger partial charge in [-0.15, -0.1) is 0 Å². The van der Waals surface area contributed by atoms with Crippen LogP contribution in [0.25, 0.3) is 11.3 Å². The SMILES string of the molecule is COCC(=O)Nc1ccc(-c2ccc(C=O)o2)cc1Cl. The summed E-state index contributed by atoms with van der Waals surface area (Å²) in [6, 6.07) is 8.30. The molecule has 1 aromatic heterocycles. The third kappa shape index (κ3) is 3.26. The van der Waals surface area contributed by atoms with E-state index < -0.39 is 0 Å². The van der Waals surface area contributed by atoms with Gasteiger partial charge in [0.15, 0.2) is 12.0 Å². The van der Waals surface area contributed by atoms with Crippen LogP contribution in [0, 0.1) is 0 Å². The average Bonchev–Trinajstić information content (AvgIpc) is 2.90. The van der Waals surface area contributed by atoms with Crippen molar-refractivity contribution in [2.24, 2.45) is 0 Å². The maximum Gasteiger partial charge on any atom is 0.250 e. The molecule has 1 aromatic carbocycles. The molecule has 2 rings (SSSR count). The Labute approximate surface area is 120 Å². The number of hydrogen-bond donors (Lipinski definition) is 1. The van der Waals surface area contributed by atoms with Gasteiger partial charge in [0, 0.05) is 12.7 Å².